The second-order valence-corrected chi connectivity index (χ2v) is 5.65. The predicted octanol–water partition coefficient (Wildman–Crippen LogP) is 3.30. The van der Waals surface area contributed by atoms with E-state index in [2.05, 4.69) is 36.3 Å². The van der Waals surface area contributed by atoms with Gasteiger partial charge in [0.05, 0.1) is 5.69 Å². The lowest BCUT2D eigenvalue weighted by Gasteiger charge is -2.34. The minimum Gasteiger partial charge on any atom is -0.321 e. The van der Waals surface area contributed by atoms with Crippen molar-refractivity contribution in [2.75, 3.05) is 0 Å². The first kappa shape index (κ1) is 12.4. The Kier molecular flexibility index (Phi) is 3.15. The maximum atomic E-state index is 6.56. The third-order valence-corrected chi connectivity index (χ3v) is 4.26. The molecule has 2 N–H and O–H groups in total. The van der Waals surface area contributed by atoms with Crippen LogP contribution in [0.4, 0.5) is 0 Å². The van der Waals surface area contributed by atoms with Crippen LogP contribution in [-0.2, 0) is 5.54 Å². The molecule has 0 aliphatic heterocycles. The van der Waals surface area contributed by atoms with E-state index >= 15 is 0 Å². The fourth-order valence-corrected chi connectivity index (χ4v) is 3.05. The van der Waals surface area contributed by atoms with E-state index in [1.54, 1.807) is 0 Å². The van der Waals surface area contributed by atoms with Crippen LogP contribution >= 0.6 is 0 Å². The van der Waals surface area contributed by atoms with E-state index in [0.29, 0.717) is 0 Å². The Labute approximate surface area is 114 Å². The Morgan fingerprint density at radius 1 is 1.05 bits per heavy atom. The summed E-state index contributed by atoms with van der Waals surface area (Å²) in [5, 5.41) is 4.33. The van der Waals surface area contributed by atoms with Crippen LogP contribution < -0.4 is 5.73 Å². The van der Waals surface area contributed by atoms with Gasteiger partial charge in [-0.15, -0.1) is 0 Å². The number of nitrogens with zero attached hydrogens (tertiary/aromatic N) is 2. The molecule has 0 bridgehead atoms. The highest BCUT2D eigenvalue weighted by Gasteiger charge is 2.29. The fraction of sp³-hybridized carbons (Fsp3) is 0.438. The largest absolute Gasteiger partial charge is 0.321 e. The van der Waals surface area contributed by atoms with Gasteiger partial charge in [0.15, 0.2) is 0 Å². The van der Waals surface area contributed by atoms with E-state index in [9.17, 15) is 0 Å². The quantitative estimate of drug-likeness (QED) is 0.894. The van der Waals surface area contributed by atoms with Crippen molar-refractivity contribution in [2.24, 2.45) is 5.73 Å². The lowest BCUT2D eigenvalue weighted by molar-refractivity contribution is 0.302. The van der Waals surface area contributed by atoms with Crippen molar-refractivity contribution in [2.45, 2.75) is 44.6 Å². The number of benzene rings is 1. The minimum absolute atomic E-state index is 0.115. The highest BCUT2D eigenvalue weighted by atomic mass is 15.3. The molecule has 0 radical (unpaired) electrons. The molecule has 0 amide bonds. The van der Waals surface area contributed by atoms with Crippen LogP contribution in [0.2, 0.25) is 0 Å². The number of hydrogen-bond donors (Lipinski definition) is 1. The Bertz CT molecular complexity index is 548. The highest BCUT2D eigenvalue weighted by molar-refractivity contribution is 5.37. The monoisotopic (exact) mass is 255 g/mol. The SMILES string of the molecule is Cc1ccnn1-c1ccc(C2(N)CCCCC2)cc1. The van der Waals surface area contributed by atoms with E-state index in [1.807, 2.05) is 16.9 Å². The van der Waals surface area contributed by atoms with Crippen molar-refractivity contribution in [1.82, 2.24) is 9.78 Å². The van der Waals surface area contributed by atoms with Crippen LogP contribution in [0, 0.1) is 6.92 Å². The Balaban J connectivity index is 1.89. The zero-order valence-electron chi connectivity index (χ0n) is 11.5. The molecule has 1 heterocycles. The number of rotatable bonds is 2. The molecule has 1 aromatic carbocycles. The molecule has 1 aliphatic rings. The summed E-state index contributed by atoms with van der Waals surface area (Å²) in [7, 11) is 0. The zero-order valence-corrected chi connectivity index (χ0v) is 11.5. The smallest absolute Gasteiger partial charge is 0.0648 e. The fourth-order valence-electron chi connectivity index (χ4n) is 3.05. The zero-order chi connectivity index (χ0) is 13.3. The van der Waals surface area contributed by atoms with Gasteiger partial charge in [0, 0.05) is 17.4 Å². The van der Waals surface area contributed by atoms with Crippen molar-refractivity contribution in [3.63, 3.8) is 0 Å². The van der Waals surface area contributed by atoms with Crippen molar-refractivity contribution < 1.29 is 0 Å². The lowest BCUT2D eigenvalue weighted by atomic mass is 9.77. The molecule has 100 valence electrons. The van der Waals surface area contributed by atoms with Gasteiger partial charge >= 0.3 is 0 Å². The Morgan fingerprint density at radius 2 is 1.74 bits per heavy atom. The number of nitrogens with two attached hydrogens (primary N) is 1. The molecule has 1 fully saturated rings. The van der Waals surface area contributed by atoms with E-state index in [0.717, 1.165) is 24.2 Å². The van der Waals surface area contributed by atoms with Crippen LogP contribution in [0.15, 0.2) is 36.5 Å². The van der Waals surface area contributed by atoms with E-state index in [1.165, 1.54) is 24.8 Å². The molecular formula is C16H21N3. The molecule has 19 heavy (non-hydrogen) atoms. The second kappa shape index (κ2) is 4.82. The number of aromatic nitrogens is 2. The number of aryl methyl sites for hydroxylation is 1. The van der Waals surface area contributed by atoms with Crippen LogP contribution in [0.25, 0.3) is 5.69 Å². The minimum atomic E-state index is -0.115. The molecule has 0 spiro atoms. The molecule has 0 atom stereocenters. The van der Waals surface area contributed by atoms with E-state index < -0.39 is 0 Å². The molecular weight excluding hydrogens is 234 g/mol. The standard InChI is InChI=1S/C16H21N3/c1-13-9-12-18-19(13)15-7-5-14(6-8-15)16(17)10-3-2-4-11-16/h5-9,12H,2-4,10-11,17H2,1H3. The van der Waals surface area contributed by atoms with E-state index in [4.69, 9.17) is 5.73 Å². The van der Waals surface area contributed by atoms with Crippen LogP contribution in [0.1, 0.15) is 43.4 Å². The summed E-state index contributed by atoms with van der Waals surface area (Å²) < 4.78 is 1.95. The van der Waals surface area contributed by atoms with Crippen molar-refractivity contribution >= 4 is 0 Å². The van der Waals surface area contributed by atoms with Crippen molar-refractivity contribution in [1.29, 1.82) is 0 Å². The van der Waals surface area contributed by atoms with Crippen LogP contribution in [0.5, 0.6) is 0 Å². The molecule has 0 saturated heterocycles. The van der Waals surface area contributed by atoms with Gasteiger partial charge in [-0.25, -0.2) is 4.68 Å². The predicted molar refractivity (Wildman–Crippen MR) is 77.3 cm³/mol. The van der Waals surface area contributed by atoms with Crippen LogP contribution in [0.3, 0.4) is 0 Å². The third-order valence-electron chi connectivity index (χ3n) is 4.26. The molecule has 3 nitrogen and oxygen atoms in total. The Morgan fingerprint density at radius 3 is 2.32 bits per heavy atom. The van der Waals surface area contributed by atoms with Crippen LogP contribution in [-0.4, -0.2) is 9.78 Å². The molecule has 1 saturated carbocycles. The van der Waals surface area contributed by atoms with Gasteiger partial charge in [-0.05, 0) is 43.5 Å². The topological polar surface area (TPSA) is 43.8 Å². The van der Waals surface area contributed by atoms with Gasteiger partial charge in [0.2, 0.25) is 0 Å². The normalized spacial score (nSPS) is 18.4. The summed E-state index contributed by atoms with van der Waals surface area (Å²) >= 11 is 0. The summed E-state index contributed by atoms with van der Waals surface area (Å²) in [6.45, 7) is 2.06. The average Bonchev–Trinajstić information content (AvgIpc) is 2.86. The first-order valence-corrected chi connectivity index (χ1v) is 7.09. The summed E-state index contributed by atoms with van der Waals surface area (Å²) in [5.41, 5.74) is 9.95. The maximum Gasteiger partial charge on any atom is 0.0648 e. The highest BCUT2D eigenvalue weighted by Crippen LogP contribution is 2.34. The first-order chi connectivity index (χ1) is 9.19. The first-order valence-electron chi connectivity index (χ1n) is 7.09. The van der Waals surface area contributed by atoms with E-state index in [-0.39, 0.29) is 5.54 Å². The second-order valence-electron chi connectivity index (χ2n) is 5.65. The van der Waals surface area contributed by atoms with Gasteiger partial charge in [-0.3, -0.25) is 0 Å². The lowest BCUT2D eigenvalue weighted by Crippen LogP contribution is -2.38. The molecule has 1 aliphatic carbocycles. The molecule has 3 rings (SSSR count). The Hall–Kier alpha value is -1.61. The summed E-state index contributed by atoms with van der Waals surface area (Å²) in [4.78, 5) is 0. The van der Waals surface area contributed by atoms with Crippen molar-refractivity contribution in [3.8, 4) is 5.69 Å². The number of hydrogen-bond acceptors (Lipinski definition) is 2. The molecule has 3 heteroatoms. The van der Waals surface area contributed by atoms with Gasteiger partial charge < -0.3 is 5.73 Å². The van der Waals surface area contributed by atoms with Gasteiger partial charge in [0.25, 0.3) is 0 Å². The summed E-state index contributed by atoms with van der Waals surface area (Å²) in [6.07, 6.45) is 7.85. The van der Waals surface area contributed by atoms with Gasteiger partial charge in [-0.1, -0.05) is 31.4 Å². The molecule has 0 unspecified atom stereocenters. The molecule has 1 aromatic heterocycles. The summed E-state index contributed by atoms with van der Waals surface area (Å²) in [6, 6.07) is 10.6. The third kappa shape index (κ3) is 2.30. The summed E-state index contributed by atoms with van der Waals surface area (Å²) in [5.74, 6) is 0. The maximum absolute atomic E-state index is 6.56. The average molecular weight is 255 g/mol. The van der Waals surface area contributed by atoms with Gasteiger partial charge in [0.1, 0.15) is 0 Å². The molecule has 2 aromatic rings. The van der Waals surface area contributed by atoms with Gasteiger partial charge in [-0.2, -0.15) is 5.10 Å². The van der Waals surface area contributed by atoms with Crippen molar-refractivity contribution in [3.05, 3.63) is 47.8 Å².